The molecule has 2 aromatic heterocycles. The number of aromatic nitrogens is 4. The van der Waals surface area contributed by atoms with Gasteiger partial charge in [0.15, 0.2) is 5.82 Å². The number of nitrogens with zero attached hydrogens (tertiary/aromatic N) is 4. The molecule has 0 aliphatic rings. The van der Waals surface area contributed by atoms with Crippen LogP contribution in [0.15, 0.2) is 30.6 Å². The summed E-state index contributed by atoms with van der Waals surface area (Å²) in [5.74, 6) is -0.520. The van der Waals surface area contributed by atoms with Crippen molar-refractivity contribution in [1.29, 1.82) is 0 Å². The van der Waals surface area contributed by atoms with Gasteiger partial charge >= 0.3 is 5.97 Å². The molecule has 8 heteroatoms. The van der Waals surface area contributed by atoms with Gasteiger partial charge in [0.2, 0.25) is 5.95 Å². The van der Waals surface area contributed by atoms with Crippen molar-refractivity contribution < 1.29 is 14.3 Å². The zero-order valence-corrected chi connectivity index (χ0v) is 16.2. The van der Waals surface area contributed by atoms with Crippen molar-refractivity contribution in [3.05, 3.63) is 53.4 Å². The first-order valence-electron chi connectivity index (χ1n) is 9.01. The van der Waals surface area contributed by atoms with E-state index in [-0.39, 0.29) is 23.2 Å². The maximum absolute atomic E-state index is 14.4. The number of aryl methyl sites for hydroxylation is 2. The number of carboxylic acids is 1. The van der Waals surface area contributed by atoms with Crippen molar-refractivity contribution in [3.8, 4) is 11.4 Å². The average molecular weight is 383 g/mol. The van der Waals surface area contributed by atoms with Crippen LogP contribution in [0.2, 0.25) is 0 Å². The summed E-state index contributed by atoms with van der Waals surface area (Å²) >= 11 is 0. The van der Waals surface area contributed by atoms with E-state index in [1.54, 1.807) is 18.3 Å². The number of hydrogen-bond acceptors (Lipinski definition) is 5. The standard InChI is InChI=1S/C20H22FN5O2/c1-5-13-8-14(6-7-15(13)19(27)28)24-20-23-9-16(21)18(25-20)17-10-22-12(4)26(17)11(2)3/h6-11H,5H2,1-4H3,(H,27,28)(H,23,24,25). The first-order valence-corrected chi connectivity index (χ1v) is 9.01. The molecule has 3 rings (SSSR count). The number of hydrogen-bond donors (Lipinski definition) is 2. The van der Waals surface area contributed by atoms with Gasteiger partial charge in [-0.3, -0.25) is 0 Å². The Balaban J connectivity index is 1.98. The minimum Gasteiger partial charge on any atom is -0.478 e. The lowest BCUT2D eigenvalue weighted by molar-refractivity contribution is 0.0696. The average Bonchev–Trinajstić information content (AvgIpc) is 3.04. The molecule has 28 heavy (non-hydrogen) atoms. The number of halogens is 1. The molecule has 146 valence electrons. The molecule has 0 bridgehead atoms. The van der Waals surface area contributed by atoms with Crippen LogP contribution in [-0.2, 0) is 6.42 Å². The largest absolute Gasteiger partial charge is 0.478 e. The summed E-state index contributed by atoms with van der Waals surface area (Å²) in [6.45, 7) is 7.73. The molecule has 0 spiro atoms. The number of carbonyl (C=O) groups is 1. The second-order valence-corrected chi connectivity index (χ2v) is 6.70. The summed E-state index contributed by atoms with van der Waals surface area (Å²) < 4.78 is 16.4. The molecule has 0 aliphatic heterocycles. The van der Waals surface area contributed by atoms with Crippen molar-refractivity contribution in [3.63, 3.8) is 0 Å². The Morgan fingerprint density at radius 2 is 2.04 bits per heavy atom. The second kappa shape index (κ2) is 7.75. The zero-order valence-electron chi connectivity index (χ0n) is 16.2. The molecular formula is C20H22FN5O2. The van der Waals surface area contributed by atoms with E-state index in [9.17, 15) is 14.3 Å². The molecule has 0 saturated heterocycles. The molecule has 7 nitrogen and oxygen atoms in total. The third-order valence-corrected chi connectivity index (χ3v) is 4.46. The lowest BCUT2D eigenvalue weighted by Gasteiger charge is -2.15. The second-order valence-electron chi connectivity index (χ2n) is 6.70. The third-order valence-electron chi connectivity index (χ3n) is 4.46. The minimum absolute atomic E-state index is 0.0962. The molecular weight excluding hydrogens is 361 g/mol. The Kier molecular flexibility index (Phi) is 5.39. The van der Waals surface area contributed by atoms with Gasteiger partial charge < -0.3 is 15.0 Å². The lowest BCUT2D eigenvalue weighted by Crippen LogP contribution is -2.08. The highest BCUT2D eigenvalue weighted by atomic mass is 19.1. The lowest BCUT2D eigenvalue weighted by atomic mass is 10.0. The fourth-order valence-electron chi connectivity index (χ4n) is 3.19. The van der Waals surface area contributed by atoms with Gasteiger partial charge in [-0.2, -0.15) is 0 Å². The first-order chi connectivity index (χ1) is 13.3. The normalized spacial score (nSPS) is 11.1. The van der Waals surface area contributed by atoms with Gasteiger partial charge in [-0.05, 0) is 51.0 Å². The monoisotopic (exact) mass is 383 g/mol. The van der Waals surface area contributed by atoms with E-state index in [0.29, 0.717) is 23.4 Å². The number of imidazole rings is 1. The predicted octanol–water partition coefficient (Wildman–Crippen LogP) is 4.37. The fourth-order valence-corrected chi connectivity index (χ4v) is 3.19. The summed E-state index contributed by atoms with van der Waals surface area (Å²) in [7, 11) is 0. The van der Waals surface area contributed by atoms with E-state index < -0.39 is 11.8 Å². The number of aromatic carboxylic acids is 1. The van der Waals surface area contributed by atoms with Gasteiger partial charge in [0, 0.05) is 11.7 Å². The molecule has 0 fully saturated rings. The predicted molar refractivity (Wildman–Crippen MR) is 104 cm³/mol. The Hall–Kier alpha value is -3.29. The number of benzene rings is 1. The van der Waals surface area contributed by atoms with E-state index in [2.05, 4.69) is 20.3 Å². The van der Waals surface area contributed by atoms with Crippen LogP contribution in [-0.4, -0.2) is 30.6 Å². The molecule has 2 heterocycles. The molecule has 0 atom stereocenters. The zero-order chi connectivity index (χ0) is 20.4. The summed E-state index contributed by atoms with van der Waals surface area (Å²) in [5.41, 5.74) is 2.31. The van der Waals surface area contributed by atoms with Crippen LogP contribution in [0, 0.1) is 12.7 Å². The number of carboxylic acid groups (broad SMARTS) is 1. The number of anilines is 2. The van der Waals surface area contributed by atoms with Gasteiger partial charge in [-0.1, -0.05) is 6.92 Å². The molecule has 2 N–H and O–H groups in total. The Bertz CT molecular complexity index is 1030. The van der Waals surface area contributed by atoms with Crippen molar-refractivity contribution in [2.24, 2.45) is 0 Å². The molecule has 0 saturated carbocycles. The van der Waals surface area contributed by atoms with E-state index in [1.807, 2.05) is 32.3 Å². The van der Waals surface area contributed by atoms with Crippen LogP contribution < -0.4 is 5.32 Å². The molecule has 1 aromatic carbocycles. The molecule has 0 amide bonds. The van der Waals surface area contributed by atoms with Gasteiger partial charge in [-0.25, -0.2) is 24.1 Å². The number of rotatable bonds is 6. The number of nitrogens with one attached hydrogen (secondary N) is 1. The molecule has 0 radical (unpaired) electrons. The maximum atomic E-state index is 14.4. The summed E-state index contributed by atoms with van der Waals surface area (Å²) in [4.78, 5) is 23.9. The first kappa shape index (κ1) is 19.5. The van der Waals surface area contributed by atoms with Crippen molar-refractivity contribution in [1.82, 2.24) is 19.5 Å². The molecule has 0 unspecified atom stereocenters. The SMILES string of the molecule is CCc1cc(Nc2ncc(F)c(-c3cnc(C)n3C(C)C)n2)ccc1C(=O)O. The fraction of sp³-hybridized carbons (Fsp3) is 0.300. The van der Waals surface area contributed by atoms with E-state index in [1.165, 1.54) is 6.07 Å². The highest BCUT2D eigenvalue weighted by Crippen LogP contribution is 2.27. The quantitative estimate of drug-likeness (QED) is 0.656. The summed E-state index contributed by atoms with van der Waals surface area (Å²) in [5, 5.41) is 12.3. The summed E-state index contributed by atoms with van der Waals surface area (Å²) in [6, 6.07) is 5.00. The Morgan fingerprint density at radius 1 is 1.29 bits per heavy atom. The van der Waals surface area contributed by atoms with Crippen molar-refractivity contribution >= 4 is 17.6 Å². The Labute approximate surface area is 162 Å². The van der Waals surface area contributed by atoms with Crippen LogP contribution in [0.5, 0.6) is 0 Å². The van der Waals surface area contributed by atoms with E-state index in [0.717, 1.165) is 12.0 Å². The molecule has 0 aliphatic carbocycles. The maximum Gasteiger partial charge on any atom is 0.335 e. The van der Waals surface area contributed by atoms with Crippen LogP contribution in [0.1, 0.15) is 48.6 Å². The van der Waals surface area contributed by atoms with Crippen LogP contribution >= 0.6 is 0 Å². The van der Waals surface area contributed by atoms with Gasteiger partial charge in [-0.15, -0.1) is 0 Å². The van der Waals surface area contributed by atoms with Crippen molar-refractivity contribution in [2.45, 2.75) is 40.2 Å². The van der Waals surface area contributed by atoms with Crippen LogP contribution in [0.3, 0.4) is 0 Å². The van der Waals surface area contributed by atoms with Gasteiger partial charge in [0.05, 0.1) is 23.7 Å². The van der Waals surface area contributed by atoms with E-state index in [4.69, 9.17) is 0 Å². The molecule has 3 aromatic rings. The van der Waals surface area contributed by atoms with Crippen LogP contribution in [0.4, 0.5) is 16.0 Å². The smallest absolute Gasteiger partial charge is 0.335 e. The van der Waals surface area contributed by atoms with Gasteiger partial charge in [0.1, 0.15) is 11.5 Å². The van der Waals surface area contributed by atoms with Crippen LogP contribution in [0.25, 0.3) is 11.4 Å². The van der Waals surface area contributed by atoms with Crippen molar-refractivity contribution in [2.75, 3.05) is 5.32 Å². The highest BCUT2D eigenvalue weighted by Gasteiger charge is 2.18. The van der Waals surface area contributed by atoms with E-state index >= 15 is 0 Å². The summed E-state index contributed by atoms with van der Waals surface area (Å²) in [6.07, 6.45) is 3.28. The topological polar surface area (TPSA) is 92.9 Å². The Morgan fingerprint density at radius 3 is 2.68 bits per heavy atom. The third kappa shape index (κ3) is 3.71. The minimum atomic E-state index is -0.971. The highest BCUT2D eigenvalue weighted by molar-refractivity contribution is 5.90. The van der Waals surface area contributed by atoms with Gasteiger partial charge in [0.25, 0.3) is 0 Å².